The van der Waals surface area contributed by atoms with E-state index in [1.54, 1.807) is 18.2 Å². The number of nitrogens with zero attached hydrogens (tertiary/aromatic N) is 1. The van der Waals surface area contributed by atoms with Crippen molar-refractivity contribution in [3.8, 4) is 0 Å². The maximum absolute atomic E-state index is 12.2. The fraction of sp³-hybridized carbons (Fsp3) is 0.400. The lowest BCUT2D eigenvalue weighted by Gasteiger charge is -2.14. The van der Waals surface area contributed by atoms with Crippen molar-refractivity contribution in [1.29, 1.82) is 0 Å². The monoisotopic (exact) mass is 287 g/mol. The van der Waals surface area contributed by atoms with E-state index in [1.165, 1.54) is 7.05 Å². The highest BCUT2D eigenvalue weighted by Gasteiger charge is 2.33. The van der Waals surface area contributed by atoms with Gasteiger partial charge in [-0.05, 0) is 30.7 Å². The average molecular weight is 287 g/mol. The van der Waals surface area contributed by atoms with Gasteiger partial charge in [0.05, 0.1) is 17.0 Å². The Morgan fingerprint density at radius 3 is 2.62 bits per heavy atom. The Morgan fingerprint density at radius 1 is 1.24 bits per heavy atom. The molecule has 2 aliphatic rings. The van der Waals surface area contributed by atoms with Crippen molar-refractivity contribution >= 4 is 23.4 Å². The minimum atomic E-state index is -0.331. The Hall–Kier alpha value is -2.21. The summed E-state index contributed by atoms with van der Waals surface area (Å²) in [6, 6.07) is 4.82. The first-order valence-corrected chi connectivity index (χ1v) is 6.97. The number of amides is 3. The van der Waals surface area contributed by atoms with E-state index in [9.17, 15) is 14.4 Å². The molecule has 0 aromatic heterocycles. The molecule has 6 heteroatoms. The van der Waals surface area contributed by atoms with Crippen molar-refractivity contribution in [3.05, 3.63) is 29.3 Å². The molecular weight excluding hydrogens is 270 g/mol. The first kappa shape index (κ1) is 13.8. The van der Waals surface area contributed by atoms with Gasteiger partial charge in [-0.3, -0.25) is 19.3 Å². The molecule has 2 N–H and O–H groups in total. The lowest BCUT2D eigenvalue weighted by Crippen LogP contribution is -2.27. The number of rotatable bonds is 2. The van der Waals surface area contributed by atoms with Crippen LogP contribution < -0.4 is 10.6 Å². The summed E-state index contributed by atoms with van der Waals surface area (Å²) >= 11 is 0. The lowest BCUT2D eigenvalue weighted by molar-refractivity contribution is -0.120. The van der Waals surface area contributed by atoms with E-state index in [0.29, 0.717) is 23.4 Å². The molecule has 1 saturated heterocycles. The summed E-state index contributed by atoms with van der Waals surface area (Å²) in [4.78, 5) is 37.0. The molecule has 110 valence electrons. The first-order valence-electron chi connectivity index (χ1n) is 6.97. The van der Waals surface area contributed by atoms with Crippen LogP contribution in [0.1, 0.15) is 27.6 Å². The van der Waals surface area contributed by atoms with Gasteiger partial charge in [0, 0.05) is 19.3 Å². The number of anilines is 1. The molecule has 0 radical (unpaired) electrons. The third-order valence-corrected chi connectivity index (χ3v) is 4.21. The van der Waals surface area contributed by atoms with E-state index >= 15 is 0 Å². The average Bonchev–Trinajstić information content (AvgIpc) is 2.98. The molecule has 0 aliphatic carbocycles. The van der Waals surface area contributed by atoms with Crippen molar-refractivity contribution in [1.82, 2.24) is 10.2 Å². The highest BCUT2D eigenvalue weighted by atomic mass is 16.2. The summed E-state index contributed by atoms with van der Waals surface area (Å²) in [5, 5.41) is 6.02. The minimum Gasteiger partial charge on any atom is -0.326 e. The minimum absolute atomic E-state index is 0.0578. The fourth-order valence-electron chi connectivity index (χ4n) is 2.84. The molecule has 0 bridgehead atoms. The van der Waals surface area contributed by atoms with Crippen molar-refractivity contribution < 1.29 is 14.4 Å². The van der Waals surface area contributed by atoms with Crippen LogP contribution >= 0.6 is 0 Å². The number of benzene rings is 1. The van der Waals surface area contributed by atoms with E-state index in [4.69, 9.17) is 0 Å². The van der Waals surface area contributed by atoms with Crippen LogP contribution in [0.2, 0.25) is 0 Å². The largest absolute Gasteiger partial charge is 0.326 e. The van der Waals surface area contributed by atoms with Gasteiger partial charge >= 0.3 is 0 Å². The molecule has 0 spiro atoms. The second-order valence-corrected chi connectivity index (χ2v) is 5.66. The zero-order valence-electron chi connectivity index (χ0n) is 12.0. The standard InChI is InChI=1S/C15H17N3O3/c1-8-6-16-7-12(8)13(19)17-9-3-4-10-11(5-9)15(21)18(2)14(10)20/h3-5,8,12,16H,6-7H2,1-2H3,(H,17,19). The van der Waals surface area contributed by atoms with Crippen LogP contribution in [0.25, 0.3) is 0 Å². The van der Waals surface area contributed by atoms with Crippen LogP contribution in [0.5, 0.6) is 0 Å². The fourth-order valence-corrected chi connectivity index (χ4v) is 2.84. The summed E-state index contributed by atoms with van der Waals surface area (Å²) in [5.74, 6) is -0.479. The molecule has 1 aromatic rings. The van der Waals surface area contributed by atoms with E-state index in [0.717, 1.165) is 11.4 Å². The smallest absolute Gasteiger partial charge is 0.261 e. The molecular formula is C15H17N3O3. The van der Waals surface area contributed by atoms with Gasteiger partial charge in [0.1, 0.15) is 0 Å². The lowest BCUT2D eigenvalue weighted by atomic mass is 9.97. The van der Waals surface area contributed by atoms with Gasteiger partial charge in [0.2, 0.25) is 5.91 Å². The third kappa shape index (κ3) is 2.21. The molecule has 2 heterocycles. The van der Waals surface area contributed by atoms with E-state index in [-0.39, 0.29) is 29.6 Å². The Balaban J connectivity index is 1.81. The van der Waals surface area contributed by atoms with Crippen LogP contribution in [0.3, 0.4) is 0 Å². The topological polar surface area (TPSA) is 78.5 Å². The van der Waals surface area contributed by atoms with Gasteiger partial charge in [-0.2, -0.15) is 0 Å². The maximum atomic E-state index is 12.2. The zero-order valence-corrected chi connectivity index (χ0v) is 12.0. The van der Waals surface area contributed by atoms with Crippen LogP contribution in [-0.2, 0) is 4.79 Å². The Kier molecular flexibility index (Phi) is 3.25. The highest BCUT2D eigenvalue weighted by Crippen LogP contribution is 2.25. The van der Waals surface area contributed by atoms with Crippen LogP contribution in [-0.4, -0.2) is 42.8 Å². The third-order valence-electron chi connectivity index (χ3n) is 4.21. The molecule has 1 aromatic carbocycles. The second kappa shape index (κ2) is 4.96. The van der Waals surface area contributed by atoms with Crippen LogP contribution in [0.15, 0.2) is 18.2 Å². The molecule has 2 aliphatic heterocycles. The Bertz CT molecular complexity index is 641. The van der Waals surface area contributed by atoms with Gasteiger partial charge in [-0.15, -0.1) is 0 Å². The molecule has 3 rings (SSSR count). The quantitative estimate of drug-likeness (QED) is 0.785. The first-order chi connectivity index (χ1) is 9.99. The molecule has 3 amide bonds. The van der Waals surface area contributed by atoms with Gasteiger partial charge in [0.15, 0.2) is 0 Å². The summed E-state index contributed by atoms with van der Waals surface area (Å²) in [6.07, 6.45) is 0. The van der Waals surface area contributed by atoms with Crippen molar-refractivity contribution in [2.45, 2.75) is 6.92 Å². The molecule has 2 atom stereocenters. The normalized spacial score (nSPS) is 24.4. The predicted molar refractivity (Wildman–Crippen MR) is 77.0 cm³/mol. The maximum Gasteiger partial charge on any atom is 0.261 e. The van der Waals surface area contributed by atoms with E-state index in [2.05, 4.69) is 10.6 Å². The number of fused-ring (bicyclic) bond motifs is 1. The van der Waals surface area contributed by atoms with Gasteiger partial charge in [-0.1, -0.05) is 6.92 Å². The Morgan fingerprint density at radius 2 is 1.95 bits per heavy atom. The number of carbonyl (C=O) groups excluding carboxylic acids is 3. The molecule has 6 nitrogen and oxygen atoms in total. The number of hydrogen-bond donors (Lipinski definition) is 2. The van der Waals surface area contributed by atoms with Crippen LogP contribution in [0, 0.1) is 11.8 Å². The molecule has 21 heavy (non-hydrogen) atoms. The zero-order chi connectivity index (χ0) is 15.1. The summed E-state index contributed by atoms with van der Waals surface area (Å²) in [7, 11) is 1.45. The second-order valence-electron chi connectivity index (χ2n) is 5.66. The number of imide groups is 1. The van der Waals surface area contributed by atoms with Crippen LogP contribution in [0.4, 0.5) is 5.69 Å². The number of nitrogens with one attached hydrogen (secondary N) is 2. The van der Waals surface area contributed by atoms with Crippen molar-refractivity contribution in [3.63, 3.8) is 0 Å². The van der Waals surface area contributed by atoms with E-state index < -0.39 is 0 Å². The van der Waals surface area contributed by atoms with Gasteiger partial charge in [0.25, 0.3) is 11.8 Å². The molecule has 0 saturated carbocycles. The Labute approximate surface area is 122 Å². The molecule has 1 fully saturated rings. The highest BCUT2D eigenvalue weighted by molar-refractivity contribution is 6.21. The van der Waals surface area contributed by atoms with Crippen molar-refractivity contribution in [2.24, 2.45) is 11.8 Å². The summed E-state index contributed by atoms with van der Waals surface area (Å²) in [6.45, 7) is 3.53. The van der Waals surface area contributed by atoms with Gasteiger partial charge in [-0.25, -0.2) is 0 Å². The van der Waals surface area contributed by atoms with Crippen molar-refractivity contribution in [2.75, 3.05) is 25.5 Å². The summed E-state index contributed by atoms with van der Waals surface area (Å²) < 4.78 is 0. The predicted octanol–water partition coefficient (Wildman–Crippen LogP) is 0.706. The number of hydrogen-bond acceptors (Lipinski definition) is 4. The van der Waals surface area contributed by atoms with E-state index in [1.807, 2.05) is 6.92 Å². The number of carbonyl (C=O) groups is 3. The SMILES string of the molecule is CC1CNCC1C(=O)Nc1ccc2c(c1)C(=O)N(C)C2=O. The summed E-state index contributed by atoms with van der Waals surface area (Å²) in [5.41, 5.74) is 1.28. The molecule has 2 unspecified atom stereocenters. The van der Waals surface area contributed by atoms with Gasteiger partial charge < -0.3 is 10.6 Å².